The van der Waals surface area contributed by atoms with E-state index >= 15 is 0 Å². The van der Waals surface area contributed by atoms with Gasteiger partial charge in [-0.05, 0) is 30.7 Å². The molecule has 0 unspecified atom stereocenters. The van der Waals surface area contributed by atoms with E-state index in [2.05, 4.69) is 15.0 Å². The molecule has 0 radical (unpaired) electrons. The van der Waals surface area contributed by atoms with Gasteiger partial charge < -0.3 is 9.47 Å². The monoisotopic (exact) mass is 294 g/mol. The molecular formula is C12H8ClFN4O2. The van der Waals surface area contributed by atoms with Gasteiger partial charge in [-0.2, -0.15) is 15.2 Å². The Morgan fingerprint density at radius 1 is 1.30 bits per heavy atom. The summed E-state index contributed by atoms with van der Waals surface area (Å²) in [6, 6.07) is 5.47. The van der Waals surface area contributed by atoms with Crippen LogP contribution in [0.1, 0.15) is 12.5 Å². The van der Waals surface area contributed by atoms with Crippen molar-refractivity contribution in [3.8, 4) is 23.8 Å². The molecule has 20 heavy (non-hydrogen) atoms. The van der Waals surface area contributed by atoms with Crippen molar-refractivity contribution in [2.75, 3.05) is 6.61 Å². The highest BCUT2D eigenvalue weighted by Crippen LogP contribution is 2.25. The maximum absolute atomic E-state index is 13.4. The van der Waals surface area contributed by atoms with Gasteiger partial charge in [0.15, 0.2) is 5.75 Å². The molecule has 8 heteroatoms. The first-order valence-electron chi connectivity index (χ1n) is 5.55. The fourth-order valence-electron chi connectivity index (χ4n) is 1.35. The molecule has 0 aliphatic rings. The third kappa shape index (κ3) is 3.10. The number of ether oxygens (including phenoxy) is 2. The van der Waals surface area contributed by atoms with Crippen LogP contribution in [0.3, 0.4) is 0 Å². The molecule has 6 nitrogen and oxygen atoms in total. The molecule has 1 aromatic heterocycles. The van der Waals surface area contributed by atoms with E-state index in [0.717, 1.165) is 6.07 Å². The molecule has 0 amide bonds. The highest BCUT2D eigenvalue weighted by molar-refractivity contribution is 6.28. The fourth-order valence-corrected chi connectivity index (χ4v) is 1.49. The van der Waals surface area contributed by atoms with Crippen LogP contribution in [-0.4, -0.2) is 21.6 Å². The van der Waals surface area contributed by atoms with E-state index in [1.165, 1.54) is 12.1 Å². The van der Waals surface area contributed by atoms with Gasteiger partial charge in [0.1, 0.15) is 17.4 Å². The average molecular weight is 295 g/mol. The SMILES string of the molecule is CCOc1nc(Cl)nc(Oc2cccc(F)c2C#N)n1. The quantitative estimate of drug-likeness (QED) is 0.862. The topological polar surface area (TPSA) is 80.9 Å². The first-order chi connectivity index (χ1) is 9.63. The number of nitriles is 1. The first-order valence-corrected chi connectivity index (χ1v) is 5.92. The molecule has 0 atom stereocenters. The van der Waals surface area contributed by atoms with Gasteiger partial charge in [0.05, 0.1) is 6.61 Å². The van der Waals surface area contributed by atoms with E-state index in [1.54, 1.807) is 13.0 Å². The van der Waals surface area contributed by atoms with Crippen molar-refractivity contribution in [2.24, 2.45) is 0 Å². The van der Waals surface area contributed by atoms with Crippen LogP contribution >= 0.6 is 11.6 Å². The Hall–Kier alpha value is -2.46. The van der Waals surface area contributed by atoms with Gasteiger partial charge in [-0.3, -0.25) is 0 Å². The minimum absolute atomic E-state index is 0.0163. The molecule has 0 saturated carbocycles. The Bertz CT molecular complexity index is 675. The van der Waals surface area contributed by atoms with Crippen molar-refractivity contribution in [3.63, 3.8) is 0 Å². The molecule has 0 bridgehead atoms. The Kier molecular flexibility index (Phi) is 4.27. The van der Waals surface area contributed by atoms with E-state index in [-0.39, 0.29) is 28.6 Å². The van der Waals surface area contributed by atoms with E-state index in [9.17, 15) is 4.39 Å². The van der Waals surface area contributed by atoms with Crippen LogP contribution < -0.4 is 9.47 Å². The molecule has 2 rings (SSSR count). The summed E-state index contributed by atoms with van der Waals surface area (Å²) < 4.78 is 23.8. The van der Waals surface area contributed by atoms with Crippen LogP contribution in [0.15, 0.2) is 18.2 Å². The van der Waals surface area contributed by atoms with Crippen molar-refractivity contribution >= 4 is 11.6 Å². The Labute approximate surface area is 118 Å². The van der Waals surface area contributed by atoms with Crippen molar-refractivity contribution in [1.29, 1.82) is 5.26 Å². The molecule has 1 aromatic carbocycles. The van der Waals surface area contributed by atoms with E-state index in [4.69, 9.17) is 26.3 Å². The van der Waals surface area contributed by atoms with E-state index in [1.807, 2.05) is 0 Å². The number of benzene rings is 1. The minimum Gasteiger partial charge on any atom is -0.464 e. The lowest BCUT2D eigenvalue weighted by molar-refractivity contribution is 0.303. The predicted octanol–water partition coefficient (Wildman–Crippen LogP) is 2.73. The standard InChI is InChI=1S/C12H8ClFN4O2/c1-2-19-11-16-10(13)17-12(18-11)20-9-5-3-4-8(14)7(9)6-15/h3-5H,2H2,1H3. The number of hydrogen-bond donors (Lipinski definition) is 0. The number of halogens is 2. The lowest BCUT2D eigenvalue weighted by atomic mass is 10.2. The second kappa shape index (κ2) is 6.12. The molecule has 0 aliphatic heterocycles. The maximum atomic E-state index is 13.4. The van der Waals surface area contributed by atoms with Gasteiger partial charge in [0.25, 0.3) is 0 Å². The molecule has 0 aliphatic carbocycles. The summed E-state index contributed by atoms with van der Waals surface area (Å²) in [6.45, 7) is 2.09. The molecular weight excluding hydrogens is 287 g/mol. The molecule has 0 fully saturated rings. The van der Waals surface area contributed by atoms with Gasteiger partial charge in [-0.25, -0.2) is 4.39 Å². The Balaban J connectivity index is 2.35. The van der Waals surface area contributed by atoms with Crippen LogP contribution in [0.5, 0.6) is 17.8 Å². The van der Waals surface area contributed by atoms with Crippen molar-refractivity contribution in [3.05, 3.63) is 34.9 Å². The van der Waals surface area contributed by atoms with Gasteiger partial charge in [-0.1, -0.05) is 6.07 Å². The summed E-state index contributed by atoms with van der Waals surface area (Å²) in [5.41, 5.74) is -0.248. The third-order valence-corrected chi connectivity index (χ3v) is 2.30. The third-order valence-electron chi connectivity index (χ3n) is 2.13. The zero-order valence-electron chi connectivity index (χ0n) is 10.3. The maximum Gasteiger partial charge on any atom is 0.329 e. The molecule has 0 N–H and O–H groups in total. The zero-order chi connectivity index (χ0) is 14.5. The van der Waals surface area contributed by atoms with Gasteiger partial charge in [-0.15, -0.1) is 4.98 Å². The molecule has 0 spiro atoms. The summed E-state index contributed by atoms with van der Waals surface area (Å²) in [5, 5.41) is 8.77. The smallest absolute Gasteiger partial charge is 0.329 e. The number of hydrogen-bond acceptors (Lipinski definition) is 6. The van der Waals surface area contributed by atoms with E-state index in [0.29, 0.717) is 6.61 Å². The van der Waals surface area contributed by atoms with Gasteiger partial charge in [0.2, 0.25) is 5.28 Å². The molecule has 2 aromatic rings. The summed E-state index contributed by atoms with van der Waals surface area (Å²) in [4.78, 5) is 11.3. The fraction of sp³-hybridized carbons (Fsp3) is 0.167. The lowest BCUT2D eigenvalue weighted by Crippen LogP contribution is -2.02. The summed E-state index contributed by atoms with van der Waals surface area (Å²) in [5.74, 6) is -0.715. The van der Waals surface area contributed by atoms with Gasteiger partial charge >= 0.3 is 12.0 Å². The molecule has 102 valence electrons. The highest BCUT2D eigenvalue weighted by Gasteiger charge is 2.13. The summed E-state index contributed by atoms with van der Waals surface area (Å²) in [6.07, 6.45) is 0. The van der Waals surface area contributed by atoms with Crippen LogP contribution in [0.4, 0.5) is 4.39 Å². The molecule has 1 heterocycles. The first kappa shape index (κ1) is 14.0. The number of rotatable bonds is 4. The number of aromatic nitrogens is 3. The van der Waals surface area contributed by atoms with Gasteiger partial charge in [0, 0.05) is 0 Å². The van der Waals surface area contributed by atoms with E-state index < -0.39 is 5.82 Å². The zero-order valence-corrected chi connectivity index (χ0v) is 11.1. The highest BCUT2D eigenvalue weighted by atomic mass is 35.5. The van der Waals surface area contributed by atoms with Crippen molar-refractivity contribution in [1.82, 2.24) is 15.0 Å². The summed E-state index contributed by atoms with van der Waals surface area (Å²) >= 11 is 5.70. The Morgan fingerprint density at radius 2 is 2.05 bits per heavy atom. The molecule has 0 saturated heterocycles. The Morgan fingerprint density at radius 3 is 2.75 bits per heavy atom. The predicted molar refractivity (Wildman–Crippen MR) is 67.2 cm³/mol. The van der Waals surface area contributed by atoms with Crippen LogP contribution in [0.2, 0.25) is 5.28 Å². The minimum atomic E-state index is -0.699. The normalized spacial score (nSPS) is 9.90. The lowest BCUT2D eigenvalue weighted by Gasteiger charge is -2.07. The van der Waals surface area contributed by atoms with Crippen molar-refractivity contribution in [2.45, 2.75) is 6.92 Å². The van der Waals surface area contributed by atoms with Crippen LogP contribution in [0, 0.1) is 17.1 Å². The van der Waals surface area contributed by atoms with Crippen molar-refractivity contribution < 1.29 is 13.9 Å². The summed E-state index contributed by atoms with van der Waals surface area (Å²) in [7, 11) is 0. The largest absolute Gasteiger partial charge is 0.464 e. The average Bonchev–Trinajstić information content (AvgIpc) is 2.38. The second-order valence-electron chi connectivity index (χ2n) is 3.43. The van der Waals surface area contributed by atoms with Crippen LogP contribution in [0.25, 0.3) is 0 Å². The number of nitrogens with zero attached hydrogens (tertiary/aromatic N) is 4. The van der Waals surface area contributed by atoms with Crippen LogP contribution in [-0.2, 0) is 0 Å². The second-order valence-corrected chi connectivity index (χ2v) is 3.77.